The molecule has 9 N–H and O–H groups in total. The Morgan fingerprint density at radius 3 is 2.00 bits per heavy atom. The van der Waals surface area contributed by atoms with Gasteiger partial charge < -0.3 is 55.7 Å². The van der Waals surface area contributed by atoms with Gasteiger partial charge in [-0.2, -0.15) is 0 Å². The van der Waals surface area contributed by atoms with Crippen LogP contribution < -0.4 is 5.73 Å². The van der Waals surface area contributed by atoms with E-state index in [0.29, 0.717) is 0 Å². The van der Waals surface area contributed by atoms with Crippen molar-refractivity contribution in [1.82, 2.24) is 0 Å². The number of hydrogen-bond acceptors (Lipinski definition) is 11. The zero-order chi connectivity index (χ0) is 17.3. The number of hydrogen-bond donors (Lipinski definition) is 8. The summed E-state index contributed by atoms with van der Waals surface area (Å²) in [5, 5.41) is 67.5. The van der Waals surface area contributed by atoms with Crippen LogP contribution in [0.5, 0.6) is 0 Å². The van der Waals surface area contributed by atoms with Gasteiger partial charge in [0.05, 0.1) is 6.61 Å². The van der Waals surface area contributed by atoms with Crippen molar-refractivity contribution in [1.29, 1.82) is 0 Å². The number of nitrogens with two attached hydrogens (primary N) is 1. The van der Waals surface area contributed by atoms with Crippen molar-refractivity contribution in [3.8, 4) is 0 Å². The highest BCUT2D eigenvalue weighted by Crippen LogP contribution is 2.28. The summed E-state index contributed by atoms with van der Waals surface area (Å²) in [5.41, 5.74) is 5.46. The van der Waals surface area contributed by atoms with Gasteiger partial charge in [0.2, 0.25) is 0 Å². The van der Waals surface area contributed by atoms with Crippen molar-refractivity contribution in [2.24, 2.45) is 5.73 Å². The molecule has 2 heterocycles. The summed E-state index contributed by atoms with van der Waals surface area (Å²) < 4.78 is 15.5. The van der Waals surface area contributed by atoms with Crippen molar-refractivity contribution in [3.63, 3.8) is 0 Å². The molecule has 0 unspecified atom stereocenters. The van der Waals surface area contributed by atoms with E-state index in [9.17, 15) is 30.6 Å². The van der Waals surface area contributed by atoms with Gasteiger partial charge in [-0.15, -0.1) is 0 Å². The lowest BCUT2D eigenvalue weighted by Gasteiger charge is -2.45. The fourth-order valence-corrected chi connectivity index (χ4v) is 2.61. The van der Waals surface area contributed by atoms with Crippen LogP contribution in [0.15, 0.2) is 0 Å². The lowest BCUT2D eigenvalue weighted by molar-refractivity contribution is -0.352. The Bertz CT molecular complexity index is 383. The van der Waals surface area contributed by atoms with E-state index >= 15 is 0 Å². The van der Waals surface area contributed by atoms with E-state index in [1.54, 1.807) is 0 Å². The van der Waals surface area contributed by atoms with Crippen LogP contribution in [0.25, 0.3) is 0 Å². The Morgan fingerprint density at radius 2 is 1.43 bits per heavy atom. The zero-order valence-corrected chi connectivity index (χ0v) is 12.1. The standard InChI is InChI=1S/C12H23NO10/c13-1-3-10(7(17)8(18)11(20)21-3)23-12-9(19)6(16)5(15)4(2-14)22-12/h3-12,14-20H,1-2,13H2/t3-,4-,5-,6+,7-,8-,9-,10-,11+,12-/m1/s1. The monoisotopic (exact) mass is 341 g/mol. The van der Waals surface area contributed by atoms with Crippen molar-refractivity contribution < 1.29 is 50.0 Å². The summed E-state index contributed by atoms with van der Waals surface area (Å²) in [6.07, 6.45) is -14.8. The lowest BCUT2D eigenvalue weighted by Crippen LogP contribution is -2.64. The van der Waals surface area contributed by atoms with E-state index in [1.165, 1.54) is 0 Å². The van der Waals surface area contributed by atoms with Crippen molar-refractivity contribution in [2.45, 2.75) is 61.4 Å². The fourth-order valence-electron chi connectivity index (χ4n) is 2.61. The van der Waals surface area contributed by atoms with Gasteiger partial charge in [0.15, 0.2) is 12.6 Å². The predicted molar refractivity (Wildman–Crippen MR) is 70.6 cm³/mol. The molecular formula is C12H23NO10. The highest BCUT2D eigenvalue weighted by atomic mass is 16.7. The van der Waals surface area contributed by atoms with E-state index in [1.807, 2.05) is 0 Å². The molecule has 0 aromatic rings. The molecule has 0 saturated carbocycles. The van der Waals surface area contributed by atoms with Crippen LogP contribution in [-0.2, 0) is 14.2 Å². The molecule has 0 aliphatic carbocycles. The molecule has 2 rings (SSSR count). The van der Waals surface area contributed by atoms with Crippen LogP contribution in [0.1, 0.15) is 0 Å². The van der Waals surface area contributed by atoms with Crippen LogP contribution in [0.2, 0.25) is 0 Å². The Kier molecular flexibility index (Phi) is 6.27. The first-order chi connectivity index (χ1) is 10.8. The lowest BCUT2D eigenvalue weighted by atomic mass is 9.97. The third-order valence-corrected chi connectivity index (χ3v) is 4.03. The third kappa shape index (κ3) is 3.65. The second-order valence-corrected chi connectivity index (χ2v) is 5.58. The average molecular weight is 341 g/mol. The summed E-state index contributed by atoms with van der Waals surface area (Å²) in [5.74, 6) is 0. The van der Waals surface area contributed by atoms with Gasteiger partial charge in [-0.05, 0) is 0 Å². The molecule has 0 aromatic heterocycles. The summed E-state index contributed by atoms with van der Waals surface area (Å²) in [7, 11) is 0. The summed E-state index contributed by atoms with van der Waals surface area (Å²) >= 11 is 0. The van der Waals surface area contributed by atoms with E-state index in [2.05, 4.69) is 0 Å². The van der Waals surface area contributed by atoms with E-state index in [0.717, 1.165) is 0 Å². The molecule has 136 valence electrons. The van der Waals surface area contributed by atoms with E-state index in [4.69, 9.17) is 25.1 Å². The maximum Gasteiger partial charge on any atom is 0.187 e. The number of ether oxygens (including phenoxy) is 3. The summed E-state index contributed by atoms with van der Waals surface area (Å²) in [6, 6.07) is 0. The van der Waals surface area contributed by atoms with Gasteiger partial charge >= 0.3 is 0 Å². The molecule has 11 nitrogen and oxygen atoms in total. The van der Waals surface area contributed by atoms with Gasteiger partial charge in [-0.25, -0.2) is 0 Å². The topological polar surface area (TPSA) is 195 Å². The van der Waals surface area contributed by atoms with Gasteiger partial charge in [0.1, 0.15) is 48.8 Å². The maximum absolute atomic E-state index is 10.00. The molecule has 2 fully saturated rings. The maximum atomic E-state index is 10.00. The first-order valence-corrected chi connectivity index (χ1v) is 7.17. The first-order valence-electron chi connectivity index (χ1n) is 7.17. The molecule has 11 heteroatoms. The second-order valence-electron chi connectivity index (χ2n) is 5.58. The molecule has 0 radical (unpaired) electrons. The SMILES string of the molecule is NC[C@H]1O[C@H](O)[C@H](O)[C@@H](O)[C@@H]1O[C@H]1O[C@H](CO)[C@@H](O)[C@H](O)[C@H]1O. The molecule has 10 atom stereocenters. The van der Waals surface area contributed by atoms with Crippen molar-refractivity contribution in [2.75, 3.05) is 13.2 Å². The summed E-state index contributed by atoms with van der Waals surface area (Å²) in [4.78, 5) is 0. The minimum Gasteiger partial charge on any atom is -0.394 e. The Labute approximate surface area is 131 Å². The number of rotatable bonds is 4. The summed E-state index contributed by atoms with van der Waals surface area (Å²) in [6.45, 7) is -0.820. The first kappa shape index (κ1) is 18.9. The smallest absolute Gasteiger partial charge is 0.187 e. The number of aliphatic hydroxyl groups is 7. The van der Waals surface area contributed by atoms with Crippen LogP contribution in [-0.4, -0.2) is 110 Å². The molecule has 0 amide bonds. The van der Waals surface area contributed by atoms with Gasteiger partial charge in [0, 0.05) is 6.54 Å². The van der Waals surface area contributed by atoms with Gasteiger partial charge in [-0.1, -0.05) is 0 Å². The predicted octanol–water partition coefficient (Wildman–Crippen LogP) is -5.43. The Morgan fingerprint density at radius 1 is 0.783 bits per heavy atom. The van der Waals surface area contributed by atoms with E-state index in [-0.39, 0.29) is 6.54 Å². The van der Waals surface area contributed by atoms with Crippen LogP contribution in [0.3, 0.4) is 0 Å². The van der Waals surface area contributed by atoms with Crippen molar-refractivity contribution in [3.05, 3.63) is 0 Å². The Hall–Kier alpha value is -0.440. The van der Waals surface area contributed by atoms with Crippen LogP contribution in [0, 0.1) is 0 Å². The third-order valence-electron chi connectivity index (χ3n) is 4.03. The molecular weight excluding hydrogens is 318 g/mol. The van der Waals surface area contributed by atoms with Gasteiger partial charge in [0.25, 0.3) is 0 Å². The number of aliphatic hydroxyl groups excluding tert-OH is 7. The fraction of sp³-hybridized carbons (Fsp3) is 1.00. The molecule has 2 aliphatic heterocycles. The molecule has 0 bridgehead atoms. The largest absolute Gasteiger partial charge is 0.394 e. The van der Waals surface area contributed by atoms with E-state index < -0.39 is 68.0 Å². The molecule has 0 spiro atoms. The molecule has 2 saturated heterocycles. The highest BCUT2D eigenvalue weighted by molar-refractivity contribution is 4.94. The van der Waals surface area contributed by atoms with Gasteiger partial charge in [-0.3, -0.25) is 0 Å². The molecule has 23 heavy (non-hydrogen) atoms. The minimum absolute atomic E-state index is 0.178. The van der Waals surface area contributed by atoms with Crippen molar-refractivity contribution >= 4 is 0 Å². The van der Waals surface area contributed by atoms with Crippen LogP contribution >= 0.6 is 0 Å². The average Bonchev–Trinajstić information content (AvgIpc) is 2.55. The minimum atomic E-state index is -1.68. The van der Waals surface area contributed by atoms with Crippen LogP contribution in [0.4, 0.5) is 0 Å². The quantitative estimate of drug-likeness (QED) is 0.243. The normalized spacial score (nSPS) is 51.7. The second kappa shape index (κ2) is 7.63. The molecule has 0 aromatic carbocycles. The highest BCUT2D eigenvalue weighted by Gasteiger charge is 2.49. The zero-order valence-electron chi connectivity index (χ0n) is 12.1. The molecule has 2 aliphatic rings. The Balaban J connectivity index is 2.11.